The third-order valence-corrected chi connectivity index (χ3v) is 2.90. The van der Waals surface area contributed by atoms with Crippen LogP contribution in [0.2, 0.25) is 5.02 Å². The summed E-state index contributed by atoms with van der Waals surface area (Å²) in [6.45, 7) is -0.0499. The van der Waals surface area contributed by atoms with E-state index in [4.69, 9.17) is 17.3 Å². The van der Waals surface area contributed by atoms with E-state index in [9.17, 15) is 14.4 Å². The molecule has 0 spiro atoms. The zero-order valence-electron chi connectivity index (χ0n) is 10.5. The van der Waals surface area contributed by atoms with Crippen molar-refractivity contribution in [2.24, 2.45) is 0 Å². The number of imide groups is 1. The number of nitrogens with zero attached hydrogens (tertiary/aromatic N) is 1. The van der Waals surface area contributed by atoms with E-state index in [1.54, 1.807) is 12.1 Å². The number of benzene rings is 1. The number of carbonyl (C=O) groups excluding carboxylic acids is 3. The van der Waals surface area contributed by atoms with Gasteiger partial charge in [-0.3, -0.25) is 24.6 Å². The second-order valence-electron chi connectivity index (χ2n) is 4.40. The summed E-state index contributed by atoms with van der Waals surface area (Å²) in [6.07, 6.45) is 0. The molecule has 8 heteroatoms. The van der Waals surface area contributed by atoms with Gasteiger partial charge in [0.25, 0.3) is 0 Å². The molecule has 0 aliphatic carbocycles. The largest absolute Gasteiger partial charge is 0.397 e. The first-order valence-corrected chi connectivity index (χ1v) is 6.22. The van der Waals surface area contributed by atoms with Crippen molar-refractivity contribution in [3.05, 3.63) is 23.2 Å². The van der Waals surface area contributed by atoms with Crippen molar-refractivity contribution < 1.29 is 14.4 Å². The molecule has 1 saturated heterocycles. The molecule has 0 bridgehead atoms. The molecule has 1 aromatic carbocycles. The second kappa shape index (κ2) is 5.89. The minimum atomic E-state index is -0.417. The zero-order chi connectivity index (χ0) is 14.7. The molecule has 1 aliphatic heterocycles. The zero-order valence-corrected chi connectivity index (χ0v) is 11.2. The van der Waals surface area contributed by atoms with Crippen molar-refractivity contribution >= 4 is 40.7 Å². The Bertz CT molecular complexity index is 560. The molecule has 0 saturated carbocycles. The third-order valence-electron chi connectivity index (χ3n) is 2.67. The molecule has 1 fully saturated rings. The fourth-order valence-electron chi connectivity index (χ4n) is 1.85. The van der Waals surface area contributed by atoms with Crippen molar-refractivity contribution in [3.63, 3.8) is 0 Å². The number of rotatable bonds is 3. The van der Waals surface area contributed by atoms with Crippen LogP contribution in [0.4, 0.5) is 11.4 Å². The van der Waals surface area contributed by atoms with E-state index >= 15 is 0 Å². The standard InChI is InChI=1S/C12H13ClN4O3/c13-7-1-2-9(8(14)3-7)15-10(18)4-17-5-11(19)16-12(20)6-17/h1-3H,4-6,14H2,(H,15,18)(H,16,19,20). The van der Waals surface area contributed by atoms with E-state index in [1.807, 2.05) is 0 Å². The van der Waals surface area contributed by atoms with Gasteiger partial charge in [-0.1, -0.05) is 11.6 Å². The van der Waals surface area contributed by atoms with E-state index in [2.05, 4.69) is 10.6 Å². The van der Waals surface area contributed by atoms with Crippen LogP contribution >= 0.6 is 11.6 Å². The minimum Gasteiger partial charge on any atom is -0.397 e. The summed E-state index contributed by atoms with van der Waals surface area (Å²) < 4.78 is 0. The normalized spacial score (nSPS) is 15.8. The van der Waals surface area contributed by atoms with Gasteiger partial charge in [-0.25, -0.2) is 0 Å². The maximum Gasteiger partial charge on any atom is 0.240 e. The van der Waals surface area contributed by atoms with Crippen LogP contribution in [0, 0.1) is 0 Å². The highest BCUT2D eigenvalue weighted by atomic mass is 35.5. The Morgan fingerprint density at radius 3 is 2.60 bits per heavy atom. The van der Waals surface area contributed by atoms with Crippen LogP contribution in [0.5, 0.6) is 0 Å². The first kappa shape index (κ1) is 14.3. The second-order valence-corrected chi connectivity index (χ2v) is 4.83. The van der Waals surface area contributed by atoms with Gasteiger partial charge in [-0.15, -0.1) is 0 Å². The maximum atomic E-state index is 11.8. The Kier molecular flexibility index (Phi) is 4.21. The number of hydrogen-bond acceptors (Lipinski definition) is 5. The highest BCUT2D eigenvalue weighted by molar-refractivity contribution is 6.31. The molecule has 0 aromatic heterocycles. The lowest BCUT2D eigenvalue weighted by Gasteiger charge is -2.24. The van der Waals surface area contributed by atoms with Gasteiger partial charge >= 0.3 is 0 Å². The molecule has 106 valence electrons. The first-order chi connectivity index (χ1) is 9.44. The highest BCUT2D eigenvalue weighted by Crippen LogP contribution is 2.22. The Morgan fingerprint density at radius 1 is 1.35 bits per heavy atom. The molecular formula is C12H13ClN4O3. The van der Waals surface area contributed by atoms with Gasteiger partial charge in [0, 0.05) is 5.02 Å². The number of anilines is 2. The molecule has 1 aromatic rings. The average molecular weight is 297 g/mol. The summed E-state index contributed by atoms with van der Waals surface area (Å²) in [5.74, 6) is -1.19. The number of carbonyl (C=O) groups is 3. The van der Waals surface area contributed by atoms with Gasteiger partial charge in [0.15, 0.2) is 0 Å². The molecule has 1 heterocycles. The lowest BCUT2D eigenvalue weighted by atomic mass is 10.2. The molecule has 20 heavy (non-hydrogen) atoms. The topological polar surface area (TPSA) is 105 Å². The number of nitrogens with two attached hydrogens (primary N) is 1. The number of hydrogen-bond donors (Lipinski definition) is 3. The average Bonchev–Trinajstić information content (AvgIpc) is 2.31. The number of piperazine rings is 1. The molecule has 4 N–H and O–H groups in total. The van der Waals surface area contributed by atoms with Crippen LogP contribution in [0.3, 0.4) is 0 Å². The third kappa shape index (κ3) is 3.69. The SMILES string of the molecule is Nc1cc(Cl)ccc1NC(=O)CN1CC(=O)NC(=O)C1. The summed E-state index contributed by atoms with van der Waals surface area (Å²) in [5, 5.41) is 5.24. The van der Waals surface area contributed by atoms with E-state index in [1.165, 1.54) is 11.0 Å². The van der Waals surface area contributed by atoms with Crippen molar-refractivity contribution in [2.75, 3.05) is 30.7 Å². The molecule has 3 amide bonds. The predicted molar refractivity (Wildman–Crippen MR) is 74.1 cm³/mol. The van der Waals surface area contributed by atoms with Gasteiger partial charge in [0.2, 0.25) is 17.7 Å². The van der Waals surface area contributed by atoms with Gasteiger partial charge in [0.1, 0.15) is 0 Å². The monoisotopic (exact) mass is 296 g/mol. The van der Waals surface area contributed by atoms with Crippen LogP contribution < -0.4 is 16.4 Å². The van der Waals surface area contributed by atoms with Gasteiger partial charge in [-0.05, 0) is 18.2 Å². The highest BCUT2D eigenvalue weighted by Gasteiger charge is 2.24. The molecule has 0 radical (unpaired) electrons. The first-order valence-electron chi connectivity index (χ1n) is 5.84. The summed E-state index contributed by atoms with van der Waals surface area (Å²) in [4.78, 5) is 35.6. The summed E-state index contributed by atoms with van der Waals surface area (Å²) >= 11 is 5.76. The minimum absolute atomic E-state index is 0.00919. The number of nitrogens with one attached hydrogen (secondary N) is 2. The lowest BCUT2D eigenvalue weighted by molar-refractivity contribution is -0.136. The van der Waals surface area contributed by atoms with Gasteiger partial charge in [-0.2, -0.15) is 0 Å². The van der Waals surface area contributed by atoms with Gasteiger partial charge < -0.3 is 11.1 Å². The van der Waals surface area contributed by atoms with Crippen LogP contribution in [-0.2, 0) is 14.4 Å². The molecule has 2 rings (SSSR count). The Labute approximate surface area is 120 Å². The molecule has 7 nitrogen and oxygen atoms in total. The molecular weight excluding hydrogens is 284 g/mol. The van der Waals surface area contributed by atoms with E-state index in [-0.39, 0.29) is 25.5 Å². The Balaban J connectivity index is 1.95. The molecule has 1 aliphatic rings. The maximum absolute atomic E-state index is 11.8. The van der Waals surface area contributed by atoms with Crippen LogP contribution in [-0.4, -0.2) is 42.3 Å². The van der Waals surface area contributed by atoms with Crippen molar-refractivity contribution in [3.8, 4) is 0 Å². The molecule has 0 atom stereocenters. The Hall–Kier alpha value is -2.12. The predicted octanol–water partition coefficient (Wildman–Crippen LogP) is -0.181. The van der Waals surface area contributed by atoms with Crippen LogP contribution in [0.25, 0.3) is 0 Å². The van der Waals surface area contributed by atoms with E-state index in [0.29, 0.717) is 16.4 Å². The van der Waals surface area contributed by atoms with Crippen molar-refractivity contribution in [1.29, 1.82) is 0 Å². The van der Waals surface area contributed by atoms with E-state index < -0.39 is 11.8 Å². The fourth-order valence-corrected chi connectivity index (χ4v) is 2.03. The van der Waals surface area contributed by atoms with Gasteiger partial charge in [0.05, 0.1) is 31.0 Å². The number of nitrogen functional groups attached to an aromatic ring is 1. The quantitative estimate of drug-likeness (QED) is 0.530. The summed E-state index contributed by atoms with van der Waals surface area (Å²) in [7, 11) is 0. The smallest absolute Gasteiger partial charge is 0.240 e. The number of amides is 3. The van der Waals surface area contributed by atoms with Crippen LogP contribution in [0.15, 0.2) is 18.2 Å². The van der Waals surface area contributed by atoms with Crippen LogP contribution in [0.1, 0.15) is 0 Å². The lowest BCUT2D eigenvalue weighted by Crippen LogP contribution is -2.53. The summed E-state index contributed by atoms with van der Waals surface area (Å²) in [6, 6.07) is 4.71. The molecule has 0 unspecified atom stereocenters. The number of halogens is 1. The van der Waals surface area contributed by atoms with E-state index in [0.717, 1.165) is 0 Å². The fraction of sp³-hybridized carbons (Fsp3) is 0.250. The van der Waals surface area contributed by atoms with Crippen molar-refractivity contribution in [2.45, 2.75) is 0 Å². The Morgan fingerprint density at radius 2 is 2.00 bits per heavy atom. The summed E-state index contributed by atoms with van der Waals surface area (Å²) in [5.41, 5.74) is 6.50. The van der Waals surface area contributed by atoms with Crippen molar-refractivity contribution in [1.82, 2.24) is 10.2 Å².